The first-order valence-electron chi connectivity index (χ1n) is 5.99. The Labute approximate surface area is 122 Å². The zero-order valence-electron chi connectivity index (χ0n) is 10.6. The Morgan fingerprint density at radius 1 is 1.26 bits per heavy atom. The van der Waals surface area contributed by atoms with Crippen LogP contribution in [0.15, 0.2) is 12.1 Å². The predicted octanol–water partition coefficient (Wildman–Crippen LogP) is 3.89. The van der Waals surface area contributed by atoms with Crippen LogP contribution in [0.4, 0.5) is 0 Å². The van der Waals surface area contributed by atoms with Gasteiger partial charge in [0.15, 0.2) is 5.75 Å². The highest BCUT2D eigenvalue weighted by Gasteiger charge is 2.16. The first-order valence-corrected chi connectivity index (χ1v) is 6.74. The van der Waals surface area contributed by atoms with Crippen molar-refractivity contribution in [2.75, 3.05) is 19.8 Å². The molecule has 0 spiro atoms. The van der Waals surface area contributed by atoms with Gasteiger partial charge in [-0.3, -0.25) is 0 Å². The fraction of sp³-hybridized carbons (Fsp3) is 0.462. The summed E-state index contributed by atoms with van der Waals surface area (Å²) in [5, 5.41) is 9.50. The summed E-state index contributed by atoms with van der Waals surface area (Å²) in [6.45, 7) is 3.37. The normalized spacial score (nSPS) is 10.5. The van der Waals surface area contributed by atoms with Gasteiger partial charge in [0.2, 0.25) is 0 Å². The maximum atomic E-state index is 11.1. The zero-order valence-corrected chi connectivity index (χ0v) is 12.1. The maximum Gasteiger partial charge on any atom is 0.339 e. The van der Waals surface area contributed by atoms with Crippen LogP contribution in [-0.4, -0.2) is 30.9 Å². The molecular weight excluding hydrogens is 291 g/mol. The van der Waals surface area contributed by atoms with E-state index >= 15 is 0 Å². The summed E-state index contributed by atoms with van der Waals surface area (Å²) < 4.78 is 10.7. The van der Waals surface area contributed by atoms with Crippen LogP contribution in [0.2, 0.25) is 10.0 Å². The Balaban J connectivity index is 2.59. The van der Waals surface area contributed by atoms with Crippen molar-refractivity contribution in [3.05, 3.63) is 27.7 Å². The molecule has 1 aromatic rings. The molecular formula is C13H16Cl2O4. The highest BCUT2D eigenvalue weighted by molar-refractivity contribution is 6.36. The molecule has 0 heterocycles. The molecule has 0 radical (unpaired) electrons. The van der Waals surface area contributed by atoms with Gasteiger partial charge in [0.1, 0.15) is 12.2 Å². The number of carboxylic acids is 1. The second-order valence-electron chi connectivity index (χ2n) is 3.88. The Hall–Kier alpha value is -0.970. The average molecular weight is 307 g/mol. The lowest BCUT2D eigenvalue weighted by Gasteiger charge is -2.11. The number of carboxylic acid groups (broad SMARTS) is 1. The van der Waals surface area contributed by atoms with E-state index in [1.165, 1.54) is 12.1 Å². The van der Waals surface area contributed by atoms with Gasteiger partial charge < -0.3 is 14.6 Å². The van der Waals surface area contributed by atoms with E-state index in [1.54, 1.807) is 0 Å². The minimum Gasteiger partial charge on any atom is -0.489 e. The number of aromatic carboxylic acids is 1. The van der Waals surface area contributed by atoms with Crippen LogP contribution in [0.1, 0.15) is 30.1 Å². The van der Waals surface area contributed by atoms with Crippen LogP contribution in [0.3, 0.4) is 0 Å². The third kappa shape index (κ3) is 5.27. The molecule has 6 heteroatoms. The van der Waals surface area contributed by atoms with Crippen molar-refractivity contribution in [2.24, 2.45) is 0 Å². The van der Waals surface area contributed by atoms with E-state index in [0.29, 0.717) is 13.2 Å². The predicted molar refractivity (Wildman–Crippen MR) is 74.6 cm³/mol. The summed E-state index contributed by atoms with van der Waals surface area (Å²) in [6, 6.07) is 2.76. The molecule has 0 saturated carbocycles. The van der Waals surface area contributed by atoms with Crippen LogP contribution < -0.4 is 4.74 Å². The molecule has 0 fully saturated rings. The summed E-state index contributed by atoms with van der Waals surface area (Å²) in [4.78, 5) is 11.1. The van der Waals surface area contributed by atoms with Crippen LogP contribution in [0.25, 0.3) is 0 Å². The van der Waals surface area contributed by atoms with E-state index in [2.05, 4.69) is 6.92 Å². The van der Waals surface area contributed by atoms with Crippen molar-refractivity contribution < 1.29 is 19.4 Å². The average Bonchev–Trinajstić information content (AvgIpc) is 2.34. The highest BCUT2D eigenvalue weighted by atomic mass is 35.5. The third-order valence-electron chi connectivity index (χ3n) is 2.36. The lowest BCUT2D eigenvalue weighted by atomic mass is 10.2. The van der Waals surface area contributed by atoms with Crippen molar-refractivity contribution in [2.45, 2.75) is 19.8 Å². The van der Waals surface area contributed by atoms with Gasteiger partial charge in [-0.1, -0.05) is 36.5 Å². The van der Waals surface area contributed by atoms with Crippen LogP contribution in [0.5, 0.6) is 5.75 Å². The van der Waals surface area contributed by atoms with Crippen molar-refractivity contribution >= 4 is 29.2 Å². The van der Waals surface area contributed by atoms with Gasteiger partial charge in [0.05, 0.1) is 11.6 Å². The van der Waals surface area contributed by atoms with Crippen molar-refractivity contribution in [1.29, 1.82) is 0 Å². The topological polar surface area (TPSA) is 55.8 Å². The molecule has 0 aliphatic carbocycles. The highest BCUT2D eigenvalue weighted by Crippen LogP contribution is 2.32. The number of ether oxygens (including phenoxy) is 2. The summed E-state index contributed by atoms with van der Waals surface area (Å²) in [5.41, 5.74) is -0.0499. The number of halogens is 2. The Bertz CT molecular complexity index is 435. The van der Waals surface area contributed by atoms with E-state index < -0.39 is 5.97 Å². The molecule has 0 saturated heterocycles. The Kier molecular flexibility index (Phi) is 6.99. The lowest BCUT2D eigenvalue weighted by molar-refractivity contribution is 0.0685. The number of unbranched alkanes of at least 4 members (excludes halogenated alkanes) is 1. The zero-order chi connectivity index (χ0) is 14.3. The van der Waals surface area contributed by atoms with Gasteiger partial charge in [-0.2, -0.15) is 0 Å². The summed E-state index contributed by atoms with van der Waals surface area (Å²) in [7, 11) is 0. The summed E-state index contributed by atoms with van der Waals surface area (Å²) in [5.74, 6) is -1.01. The fourth-order valence-corrected chi connectivity index (χ4v) is 1.96. The monoisotopic (exact) mass is 306 g/mol. The van der Waals surface area contributed by atoms with E-state index in [9.17, 15) is 4.79 Å². The summed E-state index contributed by atoms with van der Waals surface area (Å²) >= 11 is 11.7. The Morgan fingerprint density at radius 3 is 2.63 bits per heavy atom. The molecule has 1 N–H and O–H groups in total. The van der Waals surface area contributed by atoms with Gasteiger partial charge in [0.25, 0.3) is 0 Å². The van der Waals surface area contributed by atoms with Crippen molar-refractivity contribution in [1.82, 2.24) is 0 Å². The molecule has 4 nitrogen and oxygen atoms in total. The molecule has 106 valence electrons. The van der Waals surface area contributed by atoms with E-state index in [1.807, 2.05) is 0 Å². The fourth-order valence-electron chi connectivity index (χ4n) is 1.42. The van der Waals surface area contributed by atoms with E-state index in [-0.39, 0.29) is 28.0 Å². The summed E-state index contributed by atoms with van der Waals surface area (Å²) in [6.07, 6.45) is 2.05. The molecule has 1 rings (SSSR count). The largest absolute Gasteiger partial charge is 0.489 e. The van der Waals surface area contributed by atoms with Gasteiger partial charge >= 0.3 is 5.97 Å². The van der Waals surface area contributed by atoms with Gasteiger partial charge in [-0.25, -0.2) is 4.79 Å². The molecule has 0 bridgehead atoms. The number of carbonyl (C=O) groups is 1. The maximum absolute atomic E-state index is 11.1. The molecule has 0 unspecified atom stereocenters. The van der Waals surface area contributed by atoms with Gasteiger partial charge in [-0.15, -0.1) is 0 Å². The first kappa shape index (κ1) is 16.1. The standard InChI is InChI=1S/C13H16Cl2O4/c1-2-3-4-18-5-6-19-12-10(13(16)17)7-9(14)8-11(12)15/h7-8H,2-6H2,1H3,(H,16,17). The second kappa shape index (κ2) is 8.25. The number of hydrogen-bond donors (Lipinski definition) is 1. The third-order valence-corrected chi connectivity index (χ3v) is 2.85. The molecule has 0 aliphatic heterocycles. The molecule has 0 aromatic heterocycles. The lowest BCUT2D eigenvalue weighted by Crippen LogP contribution is -2.10. The molecule has 1 aromatic carbocycles. The van der Waals surface area contributed by atoms with Crippen LogP contribution in [-0.2, 0) is 4.74 Å². The van der Waals surface area contributed by atoms with E-state index in [4.69, 9.17) is 37.8 Å². The van der Waals surface area contributed by atoms with Gasteiger partial charge in [-0.05, 0) is 18.6 Å². The number of benzene rings is 1. The number of hydrogen-bond acceptors (Lipinski definition) is 3. The molecule has 19 heavy (non-hydrogen) atoms. The number of rotatable bonds is 8. The van der Waals surface area contributed by atoms with Gasteiger partial charge in [0, 0.05) is 11.6 Å². The van der Waals surface area contributed by atoms with Crippen LogP contribution in [0, 0.1) is 0 Å². The van der Waals surface area contributed by atoms with Crippen molar-refractivity contribution in [3.63, 3.8) is 0 Å². The molecule has 0 aliphatic rings. The van der Waals surface area contributed by atoms with Crippen molar-refractivity contribution in [3.8, 4) is 5.75 Å². The SMILES string of the molecule is CCCCOCCOc1c(Cl)cc(Cl)cc1C(=O)O. The quantitative estimate of drug-likeness (QED) is 0.740. The first-order chi connectivity index (χ1) is 9.06. The second-order valence-corrected chi connectivity index (χ2v) is 4.73. The Morgan fingerprint density at radius 2 is 2.00 bits per heavy atom. The minimum atomic E-state index is -1.13. The molecule has 0 atom stereocenters. The smallest absolute Gasteiger partial charge is 0.339 e. The molecule has 0 amide bonds. The minimum absolute atomic E-state index is 0.0499. The van der Waals surface area contributed by atoms with E-state index in [0.717, 1.165) is 12.8 Å². The van der Waals surface area contributed by atoms with Crippen LogP contribution >= 0.6 is 23.2 Å².